The molecule has 1 amide bonds. The largest absolute Gasteiger partial charge is 0.385 e. The van der Waals surface area contributed by atoms with E-state index in [1.54, 1.807) is 34.1 Å². The van der Waals surface area contributed by atoms with E-state index in [4.69, 9.17) is 4.74 Å². The van der Waals surface area contributed by atoms with Gasteiger partial charge in [-0.15, -0.1) is 5.10 Å². The van der Waals surface area contributed by atoms with Crippen molar-refractivity contribution >= 4 is 5.91 Å². The Kier molecular flexibility index (Phi) is 5.44. The Labute approximate surface area is 112 Å². The predicted molar refractivity (Wildman–Crippen MR) is 69.5 cm³/mol. The molecule has 0 saturated heterocycles. The predicted octanol–water partition coefficient (Wildman–Crippen LogP) is 0.219. The fourth-order valence-corrected chi connectivity index (χ4v) is 1.44. The number of aromatic nitrogens is 3. The normalized spacial score (nSPS) is 13.3. The number of nitrogens with zero attached hydrogens (tertiary/aromatic N) is 3. The molecule has 1 unspecified atom stereocenters. The van der Waals surface area contributed by atoms with E-state index in [-0.39, 0.29) is 5.91 Å². The number of carbonyl (C=O) groups excluding carboxylic acids is 1. The van der Waals surface area contributed by atoms with Gasteiger partial charge in [-0.1, -0.05) is 5.21 Å². The number of ether oxygens (including phenoxy) is 1. The molecule has 0 aromatic carbocycles. The van der Waals surface area contributed by atoms with Crippen molar-refractivity contribution < 1.29 is 14.6 Å². The molecule has 1 aromatic rings. The van der Waals surface area contributed by atoms with Crippen LogP contribution in [0.15, 0.2) is 6.20 Å². The van der Waals surface area contributed by atoms with Crippen LogP contribution in [0.2, 0.25) is 0 Å². The SMILES string of the molecule is COCCCNC(=O)C(C)n1cc(C(C)(C)O)nn1. The van der Waals surface area contributed by atoms with Crippen molar-refractivity contribution in [1.29, 1.82) is 0 Å². The van der Waals surface area contributed by atoms with E-state index >= 15 is 0 Å². The standard InChI is InChI=1S/C12H22N4O3/c1-9(11(17)13-6-5-7-19-4)16-8-10(14-15-16)12(2,3)18/h8-9,18H,5-7H2,1-4H3,(H,13,17). The molecule has 0 saturated carbocycles. The van der Waals surface area contributed by atoms with Crippen LogP contribution >= 0.6 is 0 Å². The van der Waals surface area contributed by atoms with E-state index in [0.717, 1.165) is 6.42 Å². The van der Waals surface area contributed by atoms with Gasteiger partial charge < -0.3 is 15.2 Å². The molecule has 0 aliphatic carbocycles. The van der Waals surface area contributed by atoms with E-state index in [9.17, 15) is 9.90 Å². The monoisotopic (exact) mass is 270 g/mol. The van der Waals surface area contributed by atoms with E-state index in [0.29, 0.717) is 18.8 Å². The van der Waals surface area contributed by atoms with Crippen molar-refractivity contribution in [1.82, 2.24) is 20.3 Å². The summed E-state index contributed by atoms with van der Waals surface area (Å²) >= 11 is 0. The number of nitrogens with one attached hydrogen (secondary N) is 1. The zero-order valence-corrected chi connectivity index (χ0v) is 11.9. The van der Waals surface area contributed by atoms with Gasteiger partial charge in [-0.2, -0.15) is 0 Å². The lowest BCUT2D eigenvalue weighted by Gasteiger charge is -2.13. The number of amides is 1. The highest BCUT2D eigenvalue weighted by molar-refractivity contribution is 5.79. The molecule has 1 heterocycles. The van der Waals surface area contributed by atoms with Gasteiger partial charge in [0.1, 0.15) is 17.3 Å². The maximum Gasteiger partial charge on any atom is 0.244 e. The van der Waals surface area contributed by atoms with Crippen LogP contribution in [0.5, 0.6) is 0 Å². The van der Waals surface area contributed by atoms with Gasteiger partial charge in [0, 0.05) is 20.3 Å². The molecule has 108 valence electrons. The van der Waals surface area contributed by atoms with Crippen molar-refractivity contribution in [2.24, 2.45) is 0 Å². The third-order valence-electron chi connectivity index (χ3n) is 2.74. The second kappa shape index (κ2) is 6.63. The zero-order valence-electron chi connectivity index (χ0n) is 11.9. The van der Waals surface area contributed by atoms with Gasteiger partial charge in [0.15, 0.2) is 0 Å². The van der Waals surface area contributed by atoms with Crippen molar-refractivity contribution in [3.8, 4) is 0 Å². The summed E-state index contributed by atoms with van der Waals surface area (Å²) in [6.45, 7) is 6.15. The number of aliphatic hydroxyl groups is 1. The molecule has 2 N–H and O–H groups in total. The number of methoxy groups -OCH3 is 1. The molecule has 0 radical (unpaired) electrons. The number of hydrogen-bond acceptors (Lipinski definition) is 5. The molecule has 1 atom stereocenters. The summed E-state index contributed by atoms with van der Waals surface area (Å²) in [7, 11) is 1.62. The topological polar surface area (TPSA) is 89.3 Å². The Hall–Kier alpha value is -1.47. The maximum atomic E-state index is 11.9. The van der Waals surface area contributed by atoms with Crippen LogP contribution in [0.25, 0.3) is 0 Å². The molecule has 0 aliphatic heterocycles. The first kappa shape index (κ1) is 15.6. The summed E-state index contributed by atoms with van der Waals surface area (Å²) < 4.78 is 6.35. The third kappa shape index (κ3) is 4.60. The van der Waals surface area contributed by atoms with Gasteiger partial charge in [-0.25, -0.2) is 4.68 Å². The number of hydrogen-bond donors (Lipinski definition) is 2. The van der Waals surface area contributed by atoms with E-state index < -0.39 is 11.6 Å². The molecular weight excluding hydrogens is 248 g/mol. The summed E-state index contributed by atoms with van der Waals surface area (Å²) in [5.41, 5.74) is -0.626. The summed E-state index contributed by atoms with van der Waals surface area (Å²) in [5, 5.41) is 20.3. The molecule has 1 aromatic heterocycles. The minimum atomic E-state index is -1.06. The van der Waals surface area contributed by atoms with Crippen LogP contribution in [-0.2, 0) is 15.1 Å². The highest BCUT2D eigenvalue weighted by Gasteiger charge is 2.23. The molecule has 0 bridgehead atoms. The van der Waals surface area contributed by atoms with Gasteiger partial charge in [-0.3, -0.25) is 4.79 Å². The minimum Gasteiger partial charge on any atom is -0.385 e. The smallest absolute Gasteiger partial charge is 0.244 e. The molecule has 1 rings (SSSR count). The van der Waals surface area contributed by atoms with Crippen LogP contribution < -0.4 is 5.32 Å². The number of rotatable bonds is 7. The van der Waals surface area contributed by atoms with Crippen molar-refractivity contribution in [2.75, 3.05) is 20.3 Å². The Balaban J connectivity index is 2.55. The van der Waals surface area contributed by atoms with Gasteiger partial charge >= 0.3 is 0 Å². The lowest BCUT2D eigenvalue weighted by molar-refractivity contribution is -0.124. The Morgan fingerprint density at radius 3 is 2.84 bits per heavy atom. The van der Waals surface area contributed by atoms with Crippen LogP contribution in [0.1, 0.15) is 38.9 Å². The second-order valence-electron chi connectivity index (χ2n) is 4.96. The Bertz CT molecular complexity index is 411. The molecule has 0 aliphatic rings. The summed E-state index contributed by atoms with van der Waals surface area (Å²) in [5.74, 6) is -0.136. The van der Waals surface area contributed by atoms with Gasteiger partial charge in [-0.05, 0) is 27.2 Å². The number of carbonyl (C=O) groups is 1. The van der Waals surface area contributed by atoms with Gasteiger partial charge in [0.2, 0.25) is 5.91 Å². The molecule has 0 fully saturated rings. The van der Waals surface area contributed by atoms with Crippen LogP contribution in [-0.4, -0.2) is 46.3 Å². The van der Waals surface area contributed by atoms with E-state index in [1.807, 2.05) is 0 Å². The van der Waals surface area contributed by atoms with Crippen LogP contribution in [0.4, 0.5) is 0 Å². The quantitative estimate of drug-likeness (QED) is 0.692. The summed E-state index contributed by atoms with van der Waals surface area (Å²) in [6.07, 6.45) is 2.35. The fraction of sp³-hybridized carbons (Fsp3) is 0.750. The molecule has 19 heavy (non-hydrogen) atoms. The first-order chi connectivity index (χ1) is 8.86. The second-order valence-corrected chi connectivity index (χ2v) is 4.96. The van der Waals surface area contributed by atoms with Crippen LogP contribution in [0, 0.1) is 0 Å². The first-order valence-corrected chi connectivity index (χ1v) is 6.27. The fourth-order valence-electron chi connectivity index (χ4n) is 1.44. The average molecular weight is 270 g/mol. The lowest BCUT2D eigenvalue weighted by Crippen LogP contribution is -2.32. The Morgan fingerprint density at radius 2 is 2.32 bits per heavy atom. The highest BCUT2D eigenvalue weighted by Crippen LogP contribution is 2.17. The van der Waals surface area contributed by atoms with E-state index in [1.165, 1.54) is 4.68 Å². The van der Waals surface area contributed by atoms with Gasteiger partial charge in [0.25, 0.3) is 0 Å². The van der Waals surface area contributed by atoms with Crippen LogP contribution in [0.3, 0.4) is 0 Å². The third-order valence-corrected chi connectivity index (χ3v) is 2.74. The van der Waals surface area contributed by atoms with Crippen molar-refractivity contribution in [3.63, 3.8) is 0 Å². The maximum absolute atomic E-state index is 11.9. The molecule has 0 spiro atoms. The lowest BCUT2D eigenvalue weighted by atomic mass is 10.1. The summed E-state index contributed by atoms with van der Waals surface area (Å²) in [4.78, 5) is 11.9. The highest BCUT2D eigenvalue weighted by atomic mass is 16.5. The first-order valence-electron chi connectivity index (χ1n) is 6.27. The molecule has 7 heteroatoms. The minimum absolute atomic E-state index is 0.136. The summed E-state index contributed by atoms with van der Waals surface area (Å²) in [6, 6.07) is -0.467. The average Bonchev–Trinajstić information content (AvgIpc) is 2.82. The molecule has 7 nitrogen and oxygen atoms in total. The zero-order chi connectivity index (χ0) is 14.5. The Morgan fingerprint density at radius 1 is 1.63 bits per heavy atom. The molecular formula is C12H22N4O3. The van der Waals surface area contributed by atoms with Gasteiger partial charge in [0.05, 0.1) is 6.20 Å². The van der Waals surface area contributed by atoms with Crippen molar-refractivity contribution in [3.05, 3.63) is 11.9 Å². The van der Waals surface area contributed by atoms with E-state index in [2.05, 4.69) is 15.6 Å². The van der Waals surface area contributed by atoms with Crippen molar-refractivity contribution in [2.45, 2.75) is 38.8 Å².